The highest BCUT2D eigenvalue weighted by Gasteiger charge is 2.32. The summed E-state index contributed by atoms with van der Waals surface area (Å²) in [5, 5.41) is 3.38. The van der Waals surface area contributed by atoms with Crippen molar-refractivity contribution in [1.82, 2.24) is 10.2 Å². The lowest BCUT2D eigenvalue weighted by molar-refractivity contribution is 0.206. The van der Waals surface area contributed by atoms with Gasteiger partial charge in [0, 0.05) is 25.7 Å². The van der Waals surface area contributed by atoms with Crippen LogP contribution in [0.5, 0.6) is 0 Å². The number of hydrogen-bond acceptors (Lipinski definition) is 4. The van der Waals surface area contributed by atoms with E-state index < -0.39 is 9.84 Å². The van der Waals surface area contributed by atoms with Gasteiger partial charge in [0.15, 0.2) is 9.84 Å². The molecule has 2 aliphatic heterocycles. The first-order valence-electron chi connectivity index (χ1n) is 5.72. The van der Waals surface area contributed by atoms with Crippen LogP contribution in [0.4, 0.5) is 0 Å². The van der Waals surface area contributed by atoms with Crippen LogP contribution in [0.25, 0.3) is 0 Å². The molecule has 2 heterocycles. The number of sulfone groups is 1. The van der Waals surface area contributed by atoms with Crippen LogP contribution in [0.1, 0.15) is 13.3 Å². The first-order valence-corrected chi connectivity index (χ1v) is 7.54. The van der Waals surface area contributed by atoms with Crippen LogP contribution in [0, 0.1) is 5.92 Å². The molecule has 0 aromatic heterocycles. The molecule has 0 aromatic rings. The van der Waals surface area contributed by atoms with Crippen molar-refractivity contribution in [3.63, 3.8) is 0 Å². The van der Waals surface area contributed by atoms with E-state index in [0.29, 0.717) is 17.4 Å². The van der Waals surface area contributed by atoms with E-state index in [1.54, 1.807) is 0 Å². The smallest absolute Gasteiger partial charge is 0.151 e. The quantitative estimate of drug-likeness (QED) is 0.675. The molecule has 0 saturated carbocycles. The van der Waals surface area contributed by atoms with Crippen molar-refractivity contribution in [1.29, 1.82) is 0 Å². The maximum absolute atomic E-state index is 11.4. The van der Waals surface area contributed by atoms with Gasteiger partial charge in [-0.2, -0.15) is 0 Å². The van der Waals surface area contributed by atoms with Crippen molar-refractivity contribution in [2.24, 2.45) is 5.92 Å². The van der Waals surface area contributed by atoms with E-state index in [4.69, 9.17) is 0 Å². The van der Waals surface area contributed by atoms with Crippen LogP contribution >= 0.6 is 0 Å². The summed E-state index contributed by atoms with van der Waals surface area (Å²) >= 11 is 0. The highest BCUT2D eigenvalue weighted by Crippen LogP contribution is 2.19. The zero-order valence-corrected chi connectivity index (χ0v) is 10.1. The maximum atomic E-state index is 11.4. The van der Waals surface area contributed by atoms with Crippen molar-refractivity contribution >= 4 is 9.84 Å². The molecule has 15 heavy (non-hydrogen) atoms. The molecule has 2 atom stereocenters. The molecule has 2 rings (SSSR count). The minimum absolute atomic E-state index is 0.275. The number of nitrogens with zero attached hydrogens (tertiary/aromatic N) is 1. The molecule has 2 saturated heterocycles. The highest BCUT2D eigenvalue weighted by atomic mass is 32.2. The van der Waals surface area contributed by atoms with Crippen molar-refractivity contribution in [2.45, 2.75) is 19.4 Å². The fourth-order valence-electron chi connectivity index (χ4n) is 2.52. The van der Waals surface area contributed by atoms with Gasteiger partial charge in [-0.3, -0.25) is 4.90 Å². The van der Waals surface area contributed by atoms with Gasteiger partial charge in [-0.1, -0.05) is 6.92 Å². The van der Waals surface area contributed by atoms with Gasteiger partial charge in [0.2, 0.25) is 0 Å². The second-order valence-corrected chi connectivity index (χ2v) is 7.09. The molecule has 0 amide bonds. The van der Waals surface area contributed by atoms with Gasteiger partial charge in [0.05, 0.1) is 11.5 Å². The van der Waals surface area contributed by atoms with Crippen LogP contribution in [-0.2, 0) is 9.84 Å². The molecule has 0 bridgehead atoms. The number of nitrogens with one attached hydrogen (secondary N) is 1. The van der Waals surface area contributed by atoms with E-state index in [1.165, 1.54) is 0 Å². The summed E-state index contributed by atoms with van der Waals surface area (Å²) in [6, 6.07) is 0.275. The Morgan fingerprint density at radius 1 is 1.40 bits per heavy atom. The van der Waals surface area contributed by atoms with E-state index in [-0.39, 0.29) is 6.04 Å². The topological polar surface area (TPSA) is 49.4 Å². The van der Waals surface area contributed by atoms with Gasteiger partial charge in [-0.05, 0) is 18.9 Å². The Kier molecular flexibility index (Phi) is 3.33. The summed E-state index contributed by atoms with van der Waals surface area (Å²) in [4.78, 5) is 2.36. The van der Waals surface area contributed by atoms with Crippen LogP contribution in [0.15, 0.2) is 0 Å². The van der Waals surface area contributed by atoms with Gasteiger partial charge in [-0.15, -0.1) is 0 Å². The Labute approximate surface area is 91.9 Å². The first kappa shape index (κ1) is 11.4. The fourth-order valence-corrected chi connectivity index (χ4v) is 4.28. The maximum Gasteiger partial charge on any atom is 0.151 e. The average Bonchev–Trinajstić information content (AvgIpc) is 2.39. The standard InChI is InChI=1S/C10H20N2O2S/c1-9-6-11-3-4-12(7-9)10-2-5-15(13,14)8-10/h9-11H,2-8H2,1H3. The van der Waals surface area contributed by atoms with Gasteiger partial charge in [0.25, 0.3) is 0 Å². The molecule has 0 aliphatic carbocycles. The number of rotatable bonds is 1. The normalized spacial score (nSPS) is 37.7. The van der Waals surface area contributed by atoms with Gasteiger partial charge < -0.3 is 5.32 Å². The minimum Gasteiger partial charge on any atom is -0.315 e. The summed E-state index contributed by atoms with van der Waals surface area (Å²) in [7, 11) is -2.74. The van der Waals surface area contributed by atoms with Gasteiger partial charge in [-0.25, -0.2) is 8.42 Å². The van der Waals surface area contributed by atoms with E-state index in [2.05, 4.69) is 17.1 Å². The Morgan fingerprint density at radius 2 is 2.20 bits per heavy atom. The van der Waals surface area contributed by atoms with Crippen LogP contribution in [-0.4, -0.2) is 57.0 Å². The van der Waals surface area contributed by atoms with E-state index in [0.717, 1.165) is 32.6 Å². The van der Waals surface area contributed by atoms with Gasteiger partial charge >= 0.3 is 0 Å². The summed E-state index contributed by atoms with van der Waals surface area (Å²) in [6.07, 6.45) is 0.828. The lowest BCUT2D eigenvalue weighted by atomic mass is 10.1. The Hall–Kier alpha value is -0.130. The minimum atomic E-state index is -2.74. The van der Waals surface area contributed by atoms with E-state index >= 15 is 0 Å². The molecule has 0 spiro atoms. The van der Waals surface area contributed by atoms with Crippen LogP contribution in [0.3, 0.4) is 0 Å². The third kappa shape index (κ3) is 2.92. The summed E-state index contributed by atoms with van der Waals surface area (Å²) in [6.45, 7) is 6.28. The third-order valence-corrected chi connectivity index (χ3v) is 5.09. The molecule has 1 N–H and O–H groups in total. The second-order valence-electron chi connectivity index (χ2n) is 4.86. The van der Waals surface area contributed by atoms with Crippen LogP contribution < -0.4 is 5.32 Å². The van der Waals surface area contributed by atoms with E-state index in [9.17, 15) is 8.42 Å². The zero-order valence-electron chi connectivity index (χ0n) is 9.28. The lowest BCUT2D eigenvalue weighted by Gasteiger charge is -2.27. The predicted octanol–water partition coefficient (Wildman–Crippen LogP) is -0.285. The first-order chi connectivity index (χ1) is 7.07. The van der Waals surface area contributed by atoms with Crippen molar-refractivity contribution in [2.75, 3.05) is 37.7 Å². The molecule has 5 heteroatoms. The summed E-state index contributed by atoms with van der Waals surface area (Å²) < 4.78 is 22.8. The molecule has 0 aromatic carbocycles. The Balaban J connectivity index is 1.98. The molecule has 2 fully saturated rings. The monoisotopic (exact) mass is 232 g/mol. The molecule has 0 radical (unpaired) electrons. The molecule has 88 valence electrons. The van der Waals surface area contributed by atoms with E-state index in [1.807, 2.05) is 0 Å². The lowest BCUT2D eigenvalue weighted by Crippen LogP contribution is -2.39. The molecule has 2 aliphatic rings. The Bertz CT molecular complexity index is 315. The van der Waals surface area contributed by atoms with Crippen molar-refractivity contribution < 1.29 is 8.42 Å². The zero-order chi connectivity index (χ0) is 10.9. The molecule has 2 unspecified atom stereocenters. The van der Waals surface area contributed by atoms with Crippen molar-refractivity contribution in [3.8, 4) is 0 Å². The summed E-state index contributed by atoms with van der Waals surface area (Å²) in [5.74, 6) is 1.38. The van der Waals surface area contributed by atoms with Crippen LogP contribution in [0.2, 0.25) is 0 Å². The summed E-state index contributed by atoms with van der Waals surface area (Å²) in [5.41, 5.74) is 0. The SMILES string of the molecule is CC1CNCCN(C2CCS(=O)(=O)C2)C1. The fraction of sp³-hybridized carbons (Fsp3) is 1.00. The molecular weight excluding hydrogens is 212 g/mol. The molecule has 4 nitrogen and oxygen atoms in total. The van der Waals surface area contributed by atoms with Gasteiger partial charge in [0.1, 0.15) is 0 Å². The Morgan fingerprint density at radius 3 is 2.87 bits per heavy atom. The highest BCUT2D eigenvalue weighted by molar-refractivity contribution is 7.91. The predicted molar refractivity (Wildman–Crippen MR) is 60.7 cm³/mol. The average molecular weight is 232 g/mol. The number of hydrogen-bond donors (Lipinski definition) is 1. The molecular formula is C10H20N2O2S. The van der Waals surface area contributed by atoms with Crippen molar-refractivity contribution in [3.05, 3.63) is 0 Å². The second kappa shape index (κ2) is 4.39. The largest absolute Gasteiger partial charge is 0.315 e. The third-order valence-electron chi connectivity index (χ3n) is 3.34.